The summed E-state index contributed by atoms with van der Waals surface area (Å²) in [5.74, 6) is 0.812. The van der Waals surface area contributed by atoms with E-state index in [-0.39, 0.29) is 17.9 Å². The molecule has 0 aromatic heterocycles. The number of aliphatic imine (C=N–C) groups is 1. The molecule has 3 N–H and O–H groups in total. The summed E-state index contributed by atoms with van der Waals surface area (Å²) in [5, 5.41) is 9.09. The summed E-state index contributed by atoms with van der Waals surface area (Å²) in [7, 11) is 0. The van der Waals surface area contributed by atoms with Crippen LogP contribution in [0.5, 0.6) is 5.75 Å². The van der Waals surface area contributed by atoms with Gasteiger partial charge < -0.3 is 14.6 Å². The predicted octanol–water partition coefficient (Wildman–Crippen LogP) is 7.43. The topological polar surface area (TPSA) is 92.2 Å². The third-order valence-corrected chi connectivity index (χ3v) is 8.47. The van der Waals surface area contributed by atoms with Gasteiger partial charge >= 0.3 is 0 Å². The number of carbonyl (C=O) groups excluding carboxylic acids is 1. The number of hydrogen-bond donors (Lipinski definition) is 3. The number of hydrogen-bond acceptors (Lipinski definition) is 6. The van der Waals surface area contributed by atoms with Gasteiger partial charge in [0.2, 0.25) is 5.90 Å². The number of amides is 1. The highest BCUT2D eigenvalue weighted by Gasteiger charge is 2.53. The second kappa shape index (κ2) is 15.1. The van der Waals surface area contributed by atoms with Gasteiger partial charge in [-0.25, -0.2) is 10.4 Å². The molecular weight excluding hydrogens is 642 g/mol. The fourth-order valence-corrected chi connectivity index (χ4v) is 5.63. The molecule has 0 saturated carbocycles. The molecule has 46 heavy (non-hydrogen) atoms. The maximum absolute atomic E-state index is 14.4. The molecule has 0 spiro atoms. The summed E-state index contributed by atoms with van der Waals surface area (Å²) in [6.07, 6.45) is 1.07. The van der Waals surface area contributed by atoms with Gasteiger partial charge in [0.1, 0.15) is 5.75 Å². The maximum Gasteiger partial charge on any atom is 0.266 e. The molecule has 0 saturated heterocycles. The number of aliphatic hydroxyl groups is 1. The zero-order valence-corrected chi connectivity index (χ0v) is 28.2. The van der Waals surface area contributed by atoms with E-state index in [1.807, 2.05) is 78.9 Å². The predicted molar refractivity (Wildman–Crippen MR) is 187 cm³/mol. The third kappa shape index (κ3) is 8.43. The van der Waals surface area contributed by atoms with Gasteiger partial charge in [-0.2, -0.15) is 0 Å². The van der Waals surface area contributed by atoms with Crippen molar-refractivity contribution in [3.63, 3.8) is 0 Å². The number of carbonyl (C=O) groups is 1. The second-order valence-corrected chi connectivity index (χ2v) is 13.7. The second-order valence-electron chi connectivity index (χ2n) is 12.8. The van der Waals surface area contributed by atoms with Crippen molar-refractivity contribution in [3.05, 3.63) is 124 Å². The molecule has 4 aromatic carbocycles. The van der Waals surface area contributed by atoms with Crippen molar-refractivity contribution >= 4 is 27.7 Å². The normalized spacial score (nSPS) is 17.7. The molecule has 0 unspecified atom stereocenters. The summed E-state index contributed by atoms with van der Waals surface area (Å²) >= 11 is 3.53. The number of hydrazine groups is 1. The van der Waals surface area contributed by atoms with Crippen LogP contribution in [0.2, 0.25) is 0 Å². The molecule has 0 bridgehead atoms. The largest absolute Gasteiger partial charge is 0.494 e. The number of benzene rings is 4. The van der Waals surface area contributed by atoms with Crippen molar-refractivity contribution < 1.29 is 19.4 Å². The molecule has 0 fully saturated rings. The van der Waals surface area contributed by atoms with Crippen LogP contribution in [0.3, 0.4) is 0 Å². The number of ether oxygens (including phenoxy) is 2. The smallest absolute Gasteiger partial charge is 0.266 e. The van der Waals surface area contributed by atoms with E-state index in [1.54, 1.807) is 0 Å². The molecule has 8 heteroatoms. The molecule has 0 radical (unpaired) electrons. The monoisotopic (exact) mass is 683 g/mol. The van der Waals surface area contributed by atoms with Crippen LogP contribution in [0.1, 0.15) is 56.4 Å². The van der Waals surface area contributed by atoms with Gasteiger partial charge in [-0.05, 0) is 70.5 Å². The summed E-state index contributed by atoms with van der Waals surface area (Å²) in [6.45, 7) is 7.63. The standard InChI is InChI=1S/C38H42BrN3O4/c1-37(2,3)22-23-40-42-36(44)38(26-27-10-18-32(39)19-11-27)34(30-14-12-29(13-15-30)28-8-5-4-6-9-28)46-35(41-38)31-16-20-33(21-17-31)45-25-7-24-43/h4-6,8-21,34,40,43H,7,22-26H2,1-3H3,(H,42,44)/t34-,38-/m0/s1. The fraction of sp³-hybridized carbons (Fsp3) is 0.316. The van der Waals surface area contributed by atoms with Gasteiger partial charge in [0.25, 0.3) is 5.91 Å². The van der Waals surface area contributed by atoms with Crippen LogP contribution in [-0.2, 0) is 16.0 Å². The van der Waals surface area contributed by atoms with E-state index in [2.05, 4.69) is 71.8 Å². The summed E-state index contributed by atoms with van der Waals surface area (Å²) < 4.78 is 13.4. The van der Waals surface area contributed by atoms with Crippen molar-refractivity contribution in [1.82, 2.24) is 10.9 Å². The Morgan fingerprint density at radius 1 is 0.913 bits per heavy atom. The average Bonchev–Trinajstić information content (AvgIpc) is 3.45. The first-order valence-electron chi connectivity index (χ1n) is 15.7. The zero-order valence-electron chi connectivity index (χ0n) is 26.6. The van der Waals surface area contributed by atoms with Gasteiger partial charge in [-0.1, -0.05) is 103 Å². The molecule has 240 valence electrons. The van der Waals surface area contributed by atoms with Crippen LogP contribution in [0, 0.1) is 5.41 Å². The Morgan fingerprint density at radius 2 is 1.57 bits per heavy atom. The quantitative estimate of drug-likeness (QED) is 0.101. The van der Waals surface area contributed by atoms with Gasteiger partial charge in [0.15, 0.2) is 11.6 Å². The minimum Gasteiger partial charge on any atom is -0.494 e. The Kier molecular flexibility index (Phi) is 10.9. The average molecular weight is 685 g/mol. The van der Waals surface area contributed by atoms with Crippen molar-refractivity contribution in [1.29, 1.82) is 0 Å². The molecule has 0 aliphatic carbocycles. The van der Waals surface area contributed by atoms with Crippen molar-refractivity contribution in [3.8, 4) is 16.9 Å². The van der Waals surface area contributed by atoms with E-state index in [0.29, 0.717) is 37.6 Å². The van der Waals surface area contributed by atoms with Gasteiger partial charge in [0, 0.05) is 36.0 Å². The van der Waals surface area contributed by atoms with E-state index in [4.69, 9.17) is 19.6 Å². The summed E-state index contributed by atoms with van der Waals surface area (Å²) in [5.41, 5.74) is 9.71. The molecule has 2 atom stereocenters. The Hall–Kier alpha value is -3.98. The number of rotatable bonds is 13. The number of nitrogens with zero attached hydrogens (tertiary/aromatic N) is 1. The Balaban J connectivity index is 1.53. The SMILES string of the molecule is CC(C)(C)CCNNC(=O)[C@@]1(Cc2ccc(Br)cc2)N=C(c2ccc(OCCCO)cc2)O[C@H]1c1ccc(-c2ccccc2)cc1. The lowest BCUT2D eigenvalue weighted by molar-refractivity contribution is -0.130. The van der Waals surface area contributed by atoms with E-state index >= 15 is 0 Å². The van der Waals surface area contributed by atoms with Crippen LogP contribution >= 0.6 is 15.9 Å². The van der Waals surface area contributed by atoms with Crippen molar-refractivity contribution in [2.75, 3.05) is 19.8 Å². The van der Waals surface area contributed by atoms with Gasteiger partial charge in [0.05, 0.1) is 6.61 Å². The molecule has 1 heterocycles. The number of aliphatic hydroxyl groups excluding tert-OH is 1. The Bertz CT molecular complexity index is 1600. The Morgan fingerprint density at radius 3 is 2.22 bits per heavy atom. The third-order valence-electron chi connectivity index (χ3n) is 7.94. The van der Waals surface area contributed by atoms with E-state index in [1.165, 1.54) is 0 Å². The zero-order chi connectivity index (χ0) is 32.6. The highest BCUT2D eigenvalue weighted by molar-refractivity contribution is 9.10. The van der Waals surface area contributed by atoms with E-state index in [9.17, 15) is 4.79 Å². The maximum atomic E-state index is 14.4. The molecule has 1 aliphatic rings. The van der Waals surface area contributed by atoms with Crippen LogP contribution in [-0.4, -0.2) is 42.2 Å². The lowest BCUT2D eigenvalue weighted by Crippen LogP contribution is -2.54. The fourth-order valence-electron chi connectivity index (χ4n) is 5.37. The molecule has 4 aromatic rings. The van der Waals surface area contributed by atoms with Crippen LogP contribution in [0.25, 0.3) is 11.1 Å². The van der Waals surface area contributed by atoms with Crippen molar-refractivity contribution in [2.45, 2.75) is 51.7 Å². The number of halogens is 1. The molecule has 5 rings (SSSR count). The highest BCUT2D eigenvalue weighted by Crippen LogP contribution is 2.43. The number of nitrogens with one attached hydrogen (secondary N) is 2. The molecule has 7 nitrogen and oxygen atoms in total. The first-order chi connectivity index (χ1) is 22.2. The molecule has 1 aliphatic heterocycles. The first kappa shape index (κ1) is 33.4. The van der Waals surface area contributed by atoms with Gasteiger partial charge in [-0.3, -0.25) is 10.2 Å². The van der Waals surface area contributed by atoms with E-state index < -0.39 is 11.6 Å². The molecule has 1 amide bonds. The minimum atomic E-state index is -1.30. The van der Waals surface area contributed by atoms with Crippen LogP contribution in [0.4, 0.5) is 0 Å². The minimum absolute atomic E-state index is 0.0734. The Labute approximate surface area is 280 Å². The summed E-state index contributed by atoms with van der Waals surface area (Å²) in [6, 6.07) is 33.8. The lowest BCUT2D eigenvalue weighted by atomic mass is 9.82. The summed E-state index contributed by atoms with van der Waals surface area (Å²) in [4.78, 5) is 19.5. The first-order valence-corrected chi connectivity index (χ1v) is 16.5. The highest BCUT2D eigenvalue weighted by atomic mass is 79.9. The van der Waals surface area contributed by atoms with Crippen LogP contribution < -0.4 is 15.6 Å². The lowest BCUT2D eigenvalue weighted by Gasteiger charge is -2.31. The van der Waals surface area contributed by atoms with E-state index in [0.717, 1.165) is 38.7 Å². The van der Waals surface area contributed by atoms with Crippen molar-refractivity contribution in [2.24, 2.45) is 10.4 Å². The van der Waals surface area contributed by atoms with Gasteiger partial charge in [-0.15, -0.1) is 0 Å². The molecular formula is C38H42BrN3O4. The van der Waals surface area contributed by atoms with Crippen LogP contribution in [0.15, 0.2) is 113 Å².